The Morgan fingerprint density at radius 3 is 1.25 bits per heavy atom. The number of hydrogen-bond acceptors (Lipinski definition) is 5. The number of halogens is 2. The Morgan fingerprint density at radius 2 is 0.804 bits per heavy atom. The minimum Gasteiger partial charge on any atom is -0.311 e. The SMILES string of the molecule is Fc1c(F)c(-c2ccc(N(c3ccccc3)c3ccccc3)cc2)c2nsnc2c1/C=C/c1ccc(N(c2ccccc2)c2ccccc2)cc1. The van der Waals surface area contributed by atoms with Crippen LogP contribution in [0, 0.1) is 11.6 Å². The van der Waals surface area contributed by atoms with Crippen LogP contribution in [0.2, 0.25) is 0 Å². The summed E-state index contributed by atoms with van der Waals surface area (Å²) in [5, 5.41) is 0. The van der Waals surface area contributed by atoms with Crippen molar-refractivity contribution < 1.29 is 8.78 Å². The van der Waals surface area contributed by atoms with Crippen molar-refractivity contribution in [1.82, 2.24) is 8.75 Å². The standard InChI is InChI=1S/C44H30F2N4S/c45-41-39(30-23-31-21-26-37(27-22-31)49(33-13-5-1-6-14-33)34-15-7-2-8-16-34)43-44(48-51-47-43)40(42(41)46)32-24-28-38(29-25-32)50(35-17-9-3-10-18-35)36-19-11-4-12-20-36/h1-30H/b30-23+. The molecule has 0 aliphatic rings. The molecular formula is C44H30F2N4S. The van der Waals surface area contributed by atoms with E-state index >= 15 is 8.78 Å². The van der Waals surface area contributed by atoms with Crippen LogP contribution >= 0.6 is 11.7 Å². The fraction of sp³-hybridized carbons (Fsp3) is 0. The maximum absolute atomic E-state index is 16.0. The lowest BCUT2D eigenvalue weighted by Crippen LogP contribution is -2.09. The number of anilines is 6. The van der Waals surface area contributed by atoms with Crippen molar-refractivity contribution in [3.8, 4) is 11.1 Å². The molecule has 0 radical (unpaired) electrons. The van der Waals surface area contributed by atoms with E-state index in [-0.39, 0.29) is 11.1 Å². The third-order valence-electron chi connectivity index (χ3n) is 8.69. The summed E-state index contributed by atoms with van der Waals surface area (Å²) in [5.41, 5.74) is 8.03. The van der Waals surface area contributed by atoms with Gasteiger partial charge in [0.05, 0.1) is 11.7 Å². The van der Waals surface area contributed by atoms with E-state index in [4.69, 9.17) is 0 Å². The van der Waals surface area contributed by atoms with Gasteiger partial charge in [0.25, 0.3) is 0 Å². The first-order chi connectivity index (χ1) is 25.2. The fourth-order valence-electron chi connectivity index (χ4n) is 6.27. The molecule has 0 aliphatic carbocycles. The van der Waals surface area contributed by atoms with Gasteiger partial charge in [0.2, 0.25) is 0 Å². The van der Waals surface area contributed by atoms with Gasteiger partial charge in [-0.05, 0) is 90.0 Å². The van der Waals surface area contributed by atoms with Crippen LogP contribution in [0.5, 0.6) is 0 Å². The Hall–Kier alpha value is -6.44. The molecule has 0 spiro atoms. The summed E-state index contributed by atoms with van der Waals surface area (Å²) >= 11 is 0.938. The second-order valence-electron chi connectivity index (χ2n) is 11.9. The molecule has 8 rings (SSSR count). The molecule has 7 aromatic carbocycles. The van der Waals surface area contributed by atoms with Crippen LogP contribution < -0.4 is 9.80 Å². The molecular weight excluding hydrogens is 655 g/mol. The summed E-state index contributed by atoms with van der Waals surface area (Å²) in [6, 6.07) is 55.7. The van der Waals surface area contributed by atoms with E-state index < -0.39 is 11.6 Å². The van der Waals surface area contributed by atoms with Gasteiger partial charge in [-0.2, -0.15) is 8.75 Å². The van der Waals surface area contributed by atoms with E-state index in [2.05, 4.69) is 42.8 Å². The highest BCUT2D eigenvalue weighted by molar-refractivity contribution is 7.00. The molecule has 8 aromatic rings. The zero-order chi connectivity index (χ0) is 34.6. The Kier molecular flexibility index (Phi) is 8.85. The van der Waals surface area contributed by atoms with Crippen molar-refractivity contribution in [3.05, 3.63) is 193 Å². The Bertz CT molecular complexity index is 2340. The van der Waals surface area contributed by atoms with Gasteiger partial charge < -0.3 is 9.80 Å². The average molecular weight is 685 g/mol. The summed E-state index contributed by atoms with van der Waals surface area (Å²) in [4.78, 5) is 4.28. The zero-order valence-electron chi connectivity index (χ0n) is 27.3. The topological polar surface area (TPSA) is 32.3 Å². The summed E-state index contributed by atoms with van der Waals surface area (Å²) < 4.78 is 40.8. The van der Waals surface area contributed by atoms with Crippen molar-refractivity contribution in [2.75, 3.05) is 9.80 Å². The lowest BCUT2D eigenvalue weighted by Gasteiger charge is -2.25. The van der Waals surface area contributed by atoms with Gasteiger partial charge in [-0.1, -0.05) is 103 Å². The summed E-state index contributed by atoms with van der Waals surface area (Å²) in [6.07, 6.45) is 3.35. The van der Waals surface area contributed by atoms with Crippen molar-refractivity contribution in [3.63, 3.8) is 0 Å². The van der Waals surface area contributed by atoms with Crippen LogP contribution in [0.25, 0.3) is 34.3 Å². The van der Waals surface area contributed by atoms with Crippen molar-refractivity contribution in [1.29, 1.82) is 0 Å². The van der Waals surface area contributed by atoms with Crippen LogP contribution in [0.4, 0.5) is 42.9 Å². The van der Waals surface area contributed by atoms with Crippen molar-refractivity contribution >= 4 is 69.0 Å². The second-order valence-corrected chi connectivity index (χ2v) is 12.4. The Balaban J connectivity index is 1.10. The van der Waals surface area contributed by atoms with Gasteiger partial charge >= 0.3 is 0 Å². The van der Waals surface area contributed by atoms with Gasteiger partial charge in [0.15, 0.2) is 11.6 Å². The minimum atomic E-state index is -0.961. The number of aromatic nitrogens is 2. The third kappa shape index (κ3) is 6.38. The van der Waals surface area contributed by atoms with Gasteiger partial charge in [-0.15, -0.1) is 0 Å². The summed E-state index contributed by atoms with van der Waals surface area (Å²) in [5.74, 6) is -1.92. The number of para-hydroxylation sites is 4. The van der Waals surface area contributed by atoms with E-state index in [1.54, 1.807) is 24.3 Å². The minimum absolute atomic E-state index is 0.0650. The van der Waals surface area contributed by atoms with Crippen LogP contribution in [0.3, 0.4) is 0 Å². The highest BCUT2D eigenvalue weighted by atomic mass is 32.1. The summed E-state index contributed by atoms with van der Waals surface area (Å²) in [7, 11) is 0. The molecule has 0 saturated carbocycles. The normalized spacial score (nSPS) is 11.3. The molecule has 0 fully saturated rings. The largest absolute Gasteiger partial charge is 0.311 e. The maximum Gasteiger partial charge on any atom is 0.169 e. The molecule has 1 heterocycles. The summed E-state index contributed by atoms with van der Waals surface area (Å²) in [6.45, 7) is 0. The van der Waals surface area contributed by atoms with Crippen molar-refractivity contribution in [2.45, 2.75) is 0 Å². The van der Waals surface area contributed by atoms with Gasteiger partial charge in [0, 0.05) is 45.3 Å². The van der Waals surface area contributed by atoms with Gasteiger partial charge in [-0.3, -0.25) is 0 Å². The van der Waals surface area contributed by atoms with Crippen LogP contribution in [0.1, 0.15) is 11.1 Å². The lowest BCUT2D eigenvalue weighted by molar-refractivity contribution is 0.511. The predicted molar refractivity (Wildman–Crippen MR) is 208 cm³/mol. The number of hydrogen-bond donors (Lipinski definition) is 0. The third-order valence-corrected chi connectivity index (χ3v) is 9.22. The Labute approximate surface area is 299 Å². The molecule has 0 N–H and O–H groups in total. The van der Waals surface area contributed by atoms with E-state index in [9.17, 15) is 0 Å². The molecule has 1 aromatic heterocycles. The number of rotatable bonds is 9. The van der Waals surface area contributed by atoms with Crippen molar-refractivity contribution in [2.24, 2.45) is 0 Å². The van der Waals surface area contributed by atoms with Crippen LogP contribution in [-0.4, -0.2) is 8.75 Å². The predicted octanol–water partition coefficient (Wildman–Crippen LogP) is 12.7. The molecule has 51 heavy (non-hydrogen) atoms. The molecule has 0 aliphatic heterocycles. The molecule has 0 atom stereocenters. The van der Waals surface area contributed by atoms with Crippen LogP contribution in [0.15, 0.2) is 170 Å². The maximum atomic E-state index is 16.0. The molecule has 0 saturated heterocycles. The number of benzene rings is 7. The number of fused-ring (bicyclic) bond motifs is 1. The van der Waals surface area contributed by atoms with Gasteiger partial charge in [-0.25, -0.2) is 8.78 Å². The molecule has 4 nitrogen and oxygen atoms in total. The lowest BCUT2D eigenvalue weighted by atomic mass is 9.98. The average Bonchev–Trinajstić information content (AvgIpc) is 3.67. The highest BCUT2D eigenvalue weighted by Gasteiger charge is 2.23. The first-order valence-corrected chi connectivity index (χ1v) is 17.2. The molecule has 0 bridgehead atoms. The van der Waals surface area contributed by atoms with E-state index in [0.717, 1.165) is 51.4 Å². The second kappa shape index (κ2) is 14.2. The monoisotopic (exact) mass is 684 g/mol. The molecule has 0 unspecified atom stereocenters. The quantitative estimate of drug-likeness (QED) is 0.142. The first-order valence-electron chi connectivity index (χ1n) is 16.5. The Morgan fingerprint density at radius 1 is 0.412 bits per heavy atom. The zero-order valence-corrected chi connectivity index (χ0v) is 28.1. The van der Waals surface area contributed by atoms with Crippen LogP contribution in [-0.2, 0) is 0 Å². The smallest absolute Gasteiger partial charge is 0.169 e. The first kappa shape index (κ1) is 31.8. The highest BCUT2D eigenvalue weighted by Crippen LogP contribution is 2.39. The van der Waals surface area contributed by atoms with E-state index in [1.165, 1.54) is 0 Å². The molecule has 7 heteroatoms. The molecule has 246 valence electrons. The molecule has 0 amide bonds. The van der Waals surface area contributed by atoms with E-state index in [1.807, 2.05) is 133 Å². The fourth-order valence-corrected chi connectivity index (χ4v) is 6.84. The van der Waals surface area contributed by atoms with E-state index in [0.29, 0.717) is 16.6 Å². The van der Waals surface area contributed by atoms with Gasteiger partial charge in [0.1, 0.15) is 11.0 Å². The number of nitrogens with zero attached hydrogens (tertiary/aromatic N) is 4.